The van der Waals surface area contributed by atoms with Crippen molar-refractivity contribution in [1.29, 1.82) is 0 Å². The lowest BCUT2D eigenvalue weighted by atomic mass is 9.98. The minimum absolute atomic E-state index is 0.468. The fourth-order valence-electron chi connectivity index (χ4n) is 2.83. The van der Waals surface area contributed by atoms with Crippen LogP contribution in [0.5, 0.6) is 0 Å². The summed E-state index contributed by atoms with van der Waals surface area (Å²) in [7, 11) is 2.15. The number of carbonyl (C=O) groups is 1. The third-order valence-corrected chi connectivity index (χ3v) is 4.15. The molecule has 0 spiro atoms. The van der Waals surface area contributed by atoms with Gasteiger partial charge >= 0.3 is 5.97 Å². The number of piperidine rings is 1. The maximum absolute atomic E-state index is 11.4. The van der Waals surface area contributed by atoms with Crippen molar-refractivity contribution in [3.05, 3.63) is 35.9 Å². The summed E-state index contributed by atoms with van der Waals surface area (Å²) < 4.78 is 0. The highest BCUT2D eigenvalue weighted by atomic mass is 16.4. The van der Waals surface area contributed by atoms with E-state index in [2.05, 4.69) is 17.3 Å². The number of hydrogen-bond acceptors (Lipinski definition) is 3. The summed E-state index contributed by atoms with van der Waals surface area (Å²) in [6.07, 6.45) is 3.75. The summed E-state index contributed by atoms with van der Waals surface area (Å²) in [5.74, 6) is -1.23. The van der Waals surface area contributed by atoms with E-state index in [0.29, 0.717) is 12.6 Å². The highest BCUT2D eigenvalue weighted by Crippen LogP contribution is 2.16. The first kappa shape index (κ1) is 15.0. The Hall–Kier alpha value is -1.39. The molecule has 0 aromatic heterocycles. The van der Waals surface area contributed by atoms with Crippen LogP contribution in [0.3, 0.4) is 0 Å². The van der Waals surface area contributed by atoms with E-state index in [-0.39, 0.29) is 0 Å². The summed E-state index contributed by atoms with van der Waals surface area (Å²) in [4.78, 5) is 13.8. The predicted molar refractivity (Wildman–Crippen MR) is 80.0 cm³/mol. The molecule has 0 aliphatic carbocycles. The van der Waals surface area contributed by atoms with Gasteiger partial charge in [0.1, 0.15) is 0 Å². The number of hydrogen-bond donors (Lipinski definition) is 2. The van der Waals surface area contributed by atoms with Gasteiger partial charge in [-0.05, 0) is 32.0 Å². The Balaban J connectivity index is 1.85. The van der Waals surface area contributed by atoms with Gasteiger partial charge in [0.05, 0.1) is 5.92 Å². The van der Waals surface area contributed by atoms with Crippen molar-refractivity contribution in [2.45, 2.75) is 31.2 Å². The second-order valence-corrected chi connectivity index (χ2v) is 5.59. The SMILES string of the molecule is CN1CCCCC1CNCC(C(=O)O)c1ccccc1. The Bertz CT molecular complexity index is 422. The van der Waals surface area contributed by atoms with Crippen LogP contribution in [-0.4, -0.2) is 48.7 Å². The molecule has 2 rings (SSSR count). The number of likely N-dealkylation sites (tertiary alicyclic amines) is 1. The monoisotopic (exact) mass is 276 g/mol. The minimum atomic E-state index is -0.763. The fraction of sp³-hybridized carbons (Fsp3) is 0.562. The van der Waals surface area contributed by atoms with Gasteiger partial charge in [0.15, 0.2) is 0 Å². The van der Waals surface area contributed by atoms with Crippen LogP contribution in [0.4, 0.5) is 0 Å². The van der Waals surface area contributed by atoms with Gasteiger partial charge in [-0.2, -0.15) is 0 Å². The first-order valence-corrected chi connectivity index (χ1v) is 7.37. The van der Waals surface area contributed by atoms with Crippen LogP contribution in [-0.2, 0) is 4.79 Å². The normalized spacial score (nSPS) is 21.6. The Morgan fingerprint density at radius 2 is 2.15 bits per heavy atom. The van der Waals surface area contributed by atoms with Gasteiger partial charge < -0.3 is 15.3 Å². The van der Waals surface area contributed by atoms with E-state index < -0.39 is 11.9 Å². The van der Waals surface area contributed by atoms with E-state index >= 15 is 0 Å². The lowest BCUT2D eigenvalue weighted by Gasteiger charge is -2.32. The van der Waals surface area contributed by atoms with E-state index in [4.69, 9.17) is 0 Å². The van der Waals surface area contributed by atoms with Gasteiger partial charge in [-0.3, -0.25) is 4.79 Å². The molecule has 4 heteroatoms. The Kier molecular flexibility index (Phi) is 5.56. The van der Waals surface area contributed by atoms with Crippen molar-refractivity contribution in [1.82, 2.24) is 10.2 Å². The van der Waals surface area contributed by atoms with Crippen molar-refractivity contribution in [3.8, 4) is 0 Å². The molecule has 20 heavy (non-hydrogen) atoms. The molecule has 1 aromatic carbocycles. The van der Waals surface area contributed by atoms with Crippen LogP contribution in [0.1, 0.15) is 30.7 Å². The van der Waals surface area contributed by atoms with Gasteiger partial charge in [0.25, 0.3) is 0 Å². The van der Waals surface area contributed by atoms with E-state index in [1.807, 2.05) is 30.3 Å². The number of likely N-dealkylation sites (N-methyl/N-ethyl adjacent to an activating group) is 1. The molecule has 1 fully saturated rings. The molecule has 0 saturated carbocycles. The van der Waals surface area contributed by atoms with Crippen LogP contribution in [0.2, 0.25) is 0 Å². The molecule has 1 heterocycles. The molecule has 1 aromatic rings. The molecule has 1 aliphatic rings. The van der Waals surface area contributed by atoms with E-state index in [9.17, 15) is 9.90 Å². The quantitative estimate of drug-likeness (QED) is 0.833. The van der Waals surface area contributed by atoms with Gasteiger partial charge in [0, 0.05) is 19.1 Å². The van der Waals surface area contributed by atoms with Crippen molar-refractivity contribution in [2.75, 3.05) is 26.7 Å². The van der Waals surface area contributed by atoms with Gasteiger partial charge in [-0.15, -0.1) is 0 Å². The zero-order valence-corrected chi connectivity index (χ0v) is 12.1. The van der Waals surface area contributed by atoms with Crippen molar-refractivity contribution in [2.24, 2.45) is 0 Å². The highest BCUT2D eigenvalue weighted by molar-refractivity contribution is 5.76. The largest absolute Gasteiger partial charge is 0.481 e. The van der Waals surface area contributed by atoms with E-state index in [1.165, 1.54) is 19.3 Å². The number of carboxylic acids is 1. The van der Waals surface area contributed by atoms with Crippen molar-refractivity contribution < 1.29 is 9.90 Å². The zero-order valence-electron chi connectivity index (χ0n) is 12.1. The molecule has 1 saturated heterocycles. The van der Waals surface area contributed by atoms with Gasteiger partial charge in [-0.25, -0.2) is 0 Å². The average molecular weight is 276 g/mol. The smallest absolute Gasteiger partial charge is 0.312 e. The van der Waals surface area contributed by atoms with Crippen LogP contribution < -0.4 is 5.32 Å². The number of carboxylic acid groups (broad SMARTS) is 1. The van der Waals surface area contributed by atoms with Crippen LogP contribution >= 0.6 is 0 Å². The summed E-state index contributed by atoms with van der Waals surface area (Å²) in [5.41, 5.74) is 0.865. The second kappa shape index (κ2) is 7.41. The number of rotatable bonds is 6. The number of benzene rings is 1. The second-order valence-electron chi connectivity index (χ2n) is 5.59. The predicted octanol–water partition coefficient (Wildman–Crippen LogP) is 1.93. The molecule has 0 amide bonds. The maximum Gasteiger partial charge on any atom is 0.312 e. The van der Waals surface area contributed by atoms with Crippen LogP contribution in [0.15, 0.2) is 30.3 Å². The topological polar surface area (TPSA) is 52.6 Å². The Morgan fingerprint density at radius 3 is 2.80 bits per heavy atom. The first-order chi connectivity index (χ1) is 9.68. The van der Waals surface area contributed by atoms with Crippen LogP contribution in [0, 0.1) is 0 Å². The summed E-state index contributed by atoms with van der Waals surface area (Å²) >= 11 is 0. The Morgan fingerprint density at radius 1 is 1.40 bits per heavy atom. The summed E-state index contributed by atoms with van der Waals surface area (Å²) in [6.45, 7) is 2.50. The number of nitrogens with zero attached hydrogens (tertiary/aromatic N) is 1. The summed E-state index contributed by atoms with van der Waals surface area (Å²) in [5, 5.41) is 12.7. The molecule has 2 atom stereocenters. The van der Waals surface area contributed by atoms with Crippen molar-refractivity contribution in [3.63, 3.8) is 0 Å². The average Bonchev–Trinajstić information content (AvgIpc) is 2.46. The molecule has 2 N–H and O–H groups in total. The fourth-order valence-corrected chi connectivity index (χ4v) is 2.83. The third-order valence-electron chi connectivity index (χ3n) is 4.15. The number of aliphatic carboxylic acids is 1. The lowest BCUT2D eigenvalue weighted by Crippen LogP contribution is -2.44. The summed E-state index contributed by atoms with van der Waals surface area (Å²) in [6, 6.07) is 9.99. The highest BCUT2D eigenvalue weighted by Gasteiger charge is 2.22. The molecule has 110 valence electrons. The minimum Gasteiger partial charge on any atom is -0.481 e. The van der Waals surface area contributed by atoms with Crippen LogP contribution in [0.25, 0.3) is 0 Å². The molecule has 2 unspecified atom stereocenters. The van der Waals surface area contributed by atoms with Gasteiger partial charge in [-0.1, -0.05) is 36.8 Å². The lowest BCUT2D eigenvalue weighted by molar-refractivity contribution is -0.138. The molecule has 1 aliphatic heterocycles. The number of nitrogens with one attached hydrogen (secondary N) is 1. The van der Waals surface area contributed by atoms with Gasteiger partial charge in [0.2, 0.25) is 0 Å². The van der Waals surface area contributed by atoms with Crippen molar-refractivity contribution >= 4 is 5.97 Å². The molecular weight excluding hydrogens is 252 g/mol. The molecular formula is C16H24N2O2. The Labute approximate surface area is 120 Å². The zero-order chi connectivity index (χ0) is 14.4. The van der Waals surface area contributed by atoms with E-state index in [0.717, 1.165) is 18.7 Å². The molecule has 4 nitrogen and oxygen atoms in total. The third kappa shape index (κ3) is 4.05. The molecule has 0 radical (unpaired) electrons. The maximum atomic E-state index is 11.4. The molecule has 0 bridgehead atoms. The standard InChI is InChI=1S/C16H24N2O2/c1-18-10-6-5-9-14(18)11-17-12-15(16(19)20)13-7-3-2-4-8-13/h2-4,7-8,14-15,17H,5-6,9-12H2,1H3,(H,19,20). The van der Waals surface area contributed by atoms with E-state index in [1.54, 1.807) is 0 Å². The first-order valence-electron chi connectivity index (χ1n) is 7.37.